The number of ether oxygens (including phenoxy) is 1. The van der Waals surface area contributed by atoms with Gasteiger partial charge < -0.3 is 15.2 Å². The molecule has 1 rings (SSSR count). The Kier molecular flexibility index (Phi) is 5.36. The van der Waals surface area contributed by atoms with Gasteiger partial charge in [-0.2, -0.15) is 0 Å². The molecule has 5 nitrogen and oxygen atoms in total. The van der Waals surface area contributed by atoms with E-state index in [9.17, 15) is 9.59 Å². The van der Waals surface area contributed by atoms with Crippen LogP contribution >= 0.6 is 0 Å². The first kappa shape index (κ1) is 15.0. The van der Waals surface area contributed by atoms with Gasteiger partial charge in [0.15, 0.2) is 0 Å². The number of nitrogens with one attached hydrogen (secondary N) is 1. The number of methoxy groups -OCH3 is 1. The first-order chi connectivity index (χ1) is 8.97. The standard InChI is InChI=1S/C14H19NO4/c1-4-11(14(17)18)15-13(16)8-10-6-5-9(2)12(7-10)19-3/h5-7,11H,4,8H2,1-3H3,(H,15,16)(H,17,18). The van der Waals surface area contributed by atoms with Crippen LogP contribution in [0.1, 0.15) is 24.5 Å². The van der Waals surface area contributed by atoms with Crippen LogP contribution in [-0.2, 0) is 16.0 Å². The number of hydrogen-bond acceptors (Lipinski definition) is 3. The van der Waals surface area contributed by atoms with Gasteiger partial charge in [0.1, 0.15) is 11.8 Å². The highest BCUT2D eigenvalue weighted by atomic mass is 16.5. The fourth-order valence-corrected chi connectivity index (χ4v) is 1.74. The lowest BCUT2D eigenvalue weighted by atomic mass is 10.1. The SMILES string of the molecule is CCC(NC(=O)Cc1ccc(C)c(OC)c1)C(=O)O. The quantitative estimate of drug-likeness (QED) is 0.817. The van der Waals surface area contributed by atoms with Crippen molar-refractivity contribution in [3.63, 3.8) is 0 Å². The molecule has 1 atom stereocenters. The van der Waals surface area contributed by atoms with E-state index in [1.807, 2.05) is 19.1 Å². The number of aliphatic carboxylic acids is 1. The number of benzene rings is 1. The van der Waals surface area contributed by atoms with Crippen LogP contribution in [0, 0.1) is 6.92 Å². The summed E-state index contributed by atoms with van der Waals surface area (Å²) in [5.74, 6) is -0.604. The van der Waals surface area contributed by atoms with Crippen LogP contribution in [0.3, 0.4) is 0 Å². The smallest absolute Gasteiger partial charge is 0.326 e. The molecule has 1 unspecified atom stereocenters. The number of carbonyl (C=O) groups excluding carboxylic acids is 1. The van der Waals surface area contributed by atoms with E-state index in [1.54, 1.807) is 20.1 Å². The Bertz CT molecular complexity index is 471. The van der Waals surface area contributed by atoms with Crippen molar-refractivity contribution in [3.8, 4) is 5.75 Å². The molecule has 0 saturated heterocycles. The first-order valence-electron chi connectivity index (χ1n) is 6.13. The Labute approximate surface area is 112 Å². The molecule has 5 heteroatoms. The topological polar surface area (TPSA) is 75.6 Å². The molecular formula is C14H19NO4. The highest BCUT2D eigenvalue weighted by Crippen LogP contribution is 2.19. The average molecular weight is 265 g/mol. The minimum atomic E-state index is -1.02. The lowest BCUT2D eigenvalue weighted by molar-refractivity contribution is -0.141. The zero-order valence-electron chi connectivity index (χ0n) is 11.4. The van der Waals surface area contributed by atoms with Gasteiger partial charge in [0, 0.05) is 0 Å². The first-order valence-corrected chi connectivity index (χ1v) is 6.13. The van der Waals surface area contributed by atoms with Gasteiger partial charge in [0.25, 0.3) is 0 Å². The largest absolute Gasteiger partial charge is 0.496 e. The van der Waals surface area contributed by atoms with Crippen LogP contribution in [-0.4, -0.2) is 30.1 Å². The lowest BCUT2D eigenvalue weighted by Gasteiger charge is -2.13. The third kappa shape index (κ3) is 4.28. The number of amides is 1. The maximum Gasteiger partial charge on any atom is 0.326 e. The van der Waals surface area contributed by atoms with Gasteiger partial charge in [0.2, 0.25) is 5.91 Å². The highest BCUT2D eigenvalue weighted by Gasteiger charge is 2.17. The molecule has 0 aliphatic carbocycles. The zero-order chi connectivity index (χ0) is 14.4. The summed E-state index contributed by atoms with van der Waals surface area (Å²) >= 11 is 0. The number of aryl methyl sites for hydroxylation is 1. The molecule has 0 aliphatic rings. The van der Waals surface area contributed by atoms with E-state index >= 15 is 0 Å². The van der Waals surface area contributed by atoms with Crippen molar-refractivity contribution >= 4 is 11.9 Å². The molecule has 0 fully saturated rings. The van der Waals surface area contributed by atoms with Gasteiger partial charge in [-0.1, -0.05) is 19.1 Å². The molecular weight excluding hydrogens is 246 g/mol. The number of carbonyl (C=O) groups is 2. The zero-order valence-corrected chi connectivity index (χ0v) is 11.4. The van der Waals surface area contributed by atoms with Gasteiger partial charge in [-0.15, -0.1) is 0 Å². The van der Waals surface area contributed by atoms with Crippen LogP contribution < -0.4 is 10.1 Å². The Morgan fingerprint density at radius 3 is 2.63 bits per heavy atom. The molecule has 1 aromatic rings. The summed E-state index contributed by atoms with van der Waals surface area (Å²) in [4.78, 5) is 22.6. The van der Waals surface area contributed by atoms with Crippen molar-refractivity contribution < 1.29 is 19.4 Å². The summed E-state index contributed by atoms with van der Waals surface area (Å²) in [6.45, 7) is 3.63. The summed E-state index contributed by atoms with van der Waals surface area (Å²) in [5, 5.41) is 11.4. The number of carboxylic acid groups (broad SMARTS) is 1. The second-order valence-electron chi connectivity index (χ2n) is 4.35. The van der Waals surface area contributed by atoms with Crippen molar-refractivity contribution in [3.05, 3.63) is 29.3 Å². The average Bonchev–Trinajstić information content (AvgIpc) is 2.37. The van der Waals surface area contributed by atoms with Crippen molar-refractivity contribution in [2.75, 3.05) is 7.11 Å². The Hall–Kier alpha value is -2.04. The minimum Gasteiger partial charge on any atom is -0.496 e. The van der Waals surface area contributed by atoms with E-state index in [-0.39, 0.29) is 12.3 Å². The van der Waals surface area contributed by atoms with Crippen LogP contribution in [0.15, 0.2) is 18.2 Å². The molecule has 104 valence electrons. The van der Waals surface area contributed by atoms with Crippen LogP contribution in [0.5, 0.6) is 5.75 Å². The summed E-state index contributed by atoms with van der Waals surface area (Å²) in [6.07, 6.45) is 0.499. The Balaban J connectivity index is 2.69. The van der Waals surface area contributed by atoms with E-state index in [4.69, 9.17) is 9.84 Å². The van der Waals surface area contributed by atoms with Gasteiger partial charge in [-0.25, -0.2) is 4.79 Å². The van der Waals surface area contributed by atoms with Gasteiger partial charge in [-0.05, 0) is 30.5 Å². The monoisotopic (exact) mass is 265 g/mol. The van der Waals surface area contributed by atoms with Crippen molar-refractivity contribution in [1.29, 1.82) is 0 Å². The molecule has 0 bridgehead atoms. The fraction of sp³-hybridized carbons (Fsp3) is 0.429. The van der Waals surface area contributed by atoms with Gasteiger partial charge in [0.05, 0.1) is 13.5 Å². The molecule has 0 aromatic heterocycles. The highest BCUT2D eigenvalue weighted by molar-refractivity contribution is 5.84. The minimum absolute atomic E-state index is 0.139. The second-order valence-corrected chi connectivity index (χ2v) is 4.35. The predicted molar refractivity (Wildman–Crippen MR) is 71.3 cm³/mol. The van der Waals surface area contributed by atoms with E-state index in [2.05, 4.69) is 5.32 Å². The van der Waals surface area contributed by atoms with Gasteiger partial charge in [-0.3, -0.25) is 4.79 Å². The normalized spacial score (nSPS) is 11.7. The third-order valence-electron chi connectivity index (χ3n) is 2.88. The molecule has 0 heterocycles. The molecule has 0 radical (unpaired) electrons. The Morgan fingerprint density at radius 1 is 1.42 bits per heavy atom. The van der Waals surface area contributed by atoms with Crippen LogP contribution in [0.2, 0.25) is 0 Å². The molecule has 2 N–H and O–H groups in total. The Morgan fingerprint density at radius 2 is 2.11 bits per heavy atom. The predicted octanol–water partition coefficient (Wildman–Crippen LogP) is 1.53. The molecule has 19 heavy (non-hydrogen) atoms. The van der Waals surface area contributed by atoms with Crippen LogP contribution in [0.4, 0.5) is 0 Å². The second kappa shape index (κ2) is 6.78. The number of carboxylic acids is 1. The maximum atomic E-state index is 11.8. The van der Waals surface area contributed by atoms with Crippen molar-refractivity contribution in [2.45, 2.75) is 32.7 Å². The van der Waals surface area contributed by atoms with E-state index < -0.39 is 12.0 Å². The summed E-state index contributed by atoms with van der Waals surface area (Å²) < 4.78 is 5.18. The van der Waals surface area contributed by atoms with E-state index in [1.165, 1.54) is 0 Å². The van der Waals surface area contributed by atoms with Crippen molar-refractivity contribution in [2.24, 2.45) is 0 Å². The van der Waals surface area contributed by atoms with Crippen molar-refractivity contribution in [1.82, 2.24) is 5.32 Å². The fourth-order valence-electron chi connectivity index (χ4n) is 1.74. The molecule has 1 aromatic carbocycles. The molecule has 1 amide bonds. The lowest BCUT2D eigenvalue weighted by Crippen LogP contribution is -2.40. The number of rotatable bonds is 6. The third-order valence-corrected chi connectivity index (χ3v) is 2.88. The van der Waals surface area contributed by atoms with Gasteiger partial charge >= 0.3 is 5.97 Å². The summed E-state index contributed by atoms with van der Waals surface area (Å²) in [5.41, 5.74) is 1.78. The summed E-state index contributed by atoms with van der Waals surface area (Å²) in [7, 11) is 1.57. The molecule has 0 saturated carbocycles. The van der Waals surface area contributed by atoms with E-state index in [0.29, 0.717) is 6.42 Å². The van der Waals surface area contributed by atoms with Crippen LogP contribution in [0.25, 0.3) is 0 Å². The number of hydrogen-bond donors (Lipinski definition) is 2. The molecule has 0 spiro atoms. The summed E-state index contributed by atoms with van der Waals surface area (Å²) in [6, 6.07) is 4.66. The maximum absolute atomic E-state index is 11.8. The van der Waals surface area contributed by atoms with E-state index in [0.717, 1.165) is 16.9 Å². The molecule has 0 aliphatic heterocycles.